The number of hydrogen-bond acceptors (Lipinski definition) is 3. The Morgan fingerprint density at radius 1 is 1.11 bits per heavy atom. The second-order valence-electron chi connectivity index (χ2n) is 6.23. The smallest absolute Gasteiger partial charge is 0.345 e. The number of alkyl halides is 3. The van der Waals surface area contributed by atoms with E-state index in [2.05, 4.69) is 5.32 Å². The van der Waals surface area contributed by atoms with Crippen molar-refractivity contribution in [3.05, 3.63) is 65.2 Å². The topological polar surface area (TPSA) is 75.3 Å². The molecule has 0 aliphatic heterocycles. The third-order valence-corrected chi connectivity index (χ3v) is 5.71. The van der Waals surface area contributed by atoms with Gasteiger partial charge in [0.2, 0.25) is 10.0 Å². The normalized spacial score (nSPS) is 16.8. The van der Waals surface area contributed by atoms with Crippen molar-refractivity contribution < 1.29 is 26.4 Å². The summed E-state index contributed by atoms with van der Waals surface area (Å²) in [6.45, 7) is -1.68. The van der Waals surface area contributed by atoms with E-state index in [0.29, 0.717) is 0 Å². The molecule has 0 radical (unpaired) electrons. The number of hydrogen-bond donors (Lipinski definition) is 2. The zero-order chi connectivity index (χ0) is 19.7. The van der Waals surface area contributed by atoms with Crippen LogP contribution in [-0.2, 0) is 16.4 Å². The molecule has 1 unspecified atom stereocenters. The van der Waals surface area contributed by atoms with E-state index in [1.165, 1.54) is 16.9 Å². The Labute approximate surface area is 154 Å². The highest BCUT2D eigenvalue weighted by molar-refractivity contribution is 7.89. The van der Waals surface area contributed by atoms with Gasteiger partial charge in [-0.2, -0.15) is 13.2 Å². The lowest BCUT2D eigenvalue weighted by Gasteiger charge is -2.15. The van der Waals surface area contributed by atoms with Gasteiger partial charge >= 0.3 is 6.18 Å². The molecular formula is C18H17F3N2O3S. The van der Waals surface area contributed by atoms with Crippen LogP contribution >= 0.6 is 0 Å². The van der Waals surface area contributed by atoms with Crippen LogP contribution in [0.2, 0.25) is 0 Å². The predicted octanol–water partition coefficient (Wildman–Crippen LogP) is 2.94. The van der Waals surface area contributed by atoms with E-state index in [1.807, 2.05) is 24.3 Å². The van der Waals surface area contributed by atoms with E-state index < -0.39 is 33.5 Å². The van der Waals surface area contributed by atoms with Crippen molar-refractivity contribution in [1.82, 2.24) is 10.0 Å². The van der Waals surface area contributed by atoms with Crippen molar-refractivity contribution >= 4 is 15.9 Å². The number of fused-ring (bicyclic) bond motifs is 1. The first kappa shape index (κ1) is 19.4. The average molecular weight is 398 g/mol. The molecule has 0 aromatic heterocycles. The molecule has 144 valence electrons. The minimum Gasteiger partial charge on any atom is -0.345 e. The summed E-state index contributed by atoms with van der Waals surface area (Å²) in [5.74, 6) is -0.482. The molecule has 2 N–H and O–H groups in total. The van der Waals surface area contributed by atoms with Crippen molar-refractivity contribution in [2.24, 2.45) is 0 Å². The Balaban J connectivity index is 1.75. The molecular weight excluding hydrogens is 381 g/mol. The molecule has 1 aliphatic rings. The lowest BCUT2D eigenvalue weighted by Crippen LogP contribution is -2.34. The fraction of sp³-hybridized carbons (Fsp3) is 0.278. The van der Waals surface area contributed by atoms with Crippen molar-refractivity contribution in [3.8, 4) is 0 Å². The molecule has 2 aromatic rings. The molecule has 0 fully saturated rings. The molecule has 0 spiro atoms. The Bertz CT molecular complexity index is 958. The van der Waals surface area contributed by atoms with Gasteiger partial charge < -0.3 is 5.32 Å². The molecule has 0 bridgehead atoms. The molecule has 0 heterocycles. The fourth-order valence-corrected chi connectivity index (χ4v) is 4.07. The van der Waals surface area contributed by atoms with Gasteiger partial charge in [-0.15, -0.1) is 0 Å². The second kappa shape index (κ2) is 7.32. The van der Waals surface area contributed by atoms with Crippen LogP contribution in [-0.4, -0.2) is 27.0 Å². The Morgan fingerprint density at radius 3 is 2.59 bits per heavy atom. The zero-order valence-corrected chi connectivity index (χ0v) is 14.9. The van der Waals surface area contributed by atoms with Crippen LogP contribution in [0.25, 0.3) is 0 Å². The third kappa shape index (κ3) is 4.67. The average Bonchev–Trinajstić information content (AvgIpc) is 3.03. The molecule has 2 aromatic carbocycles. The van der Waals surface area contributed by atoms with E-state index in [-0.39, 0.29) is 11.6 Å². The van der Waals surface area contributed by atoms with Crippen molar-refractivity contribution in [3.63, 3.8) is 0 Å². The van der Waals surface area contributed by atoms with Crippen molar-refractivity contribution in [2.75, 3.05) is 6.54 Å². The summed E-state index contributed by atoms with van der Waals surface area (Å²) in [4.78, 5) is 12.1. The van der Waals surface area contributed by atoms with Gasteiger partial charge in [0.25, 0.3) is 5.91 Å². The van der Waals surface area contributed by atoms with Crippen LogP contribution in [0.4, 0.5) is 13.2 Å². The number of rotatable bonds is 5. The van der Waals surface area contributed by atoms with Crippen molar-refractivity contribution in [1.29, 1.82) is 0 Å². The summed E-state index contributed by atoms with van der Waals surface area (Å²) in [7, 11) is -4.38. The Morgan fingerprint density at radius 2 is 1.85 bits per heavy atom. The maximum Gasteiger partial charge on any atom is 0.402 e. The number of aryl methyl sites for hydroxylation is 1. The molecule has 3 rings (SSSR count). The minimum atomic E-state index is -4.67. The van der Waals surface area contributed by atoms with E-state index in [0.717, 1.165) is 36.1 Å². The molecule has 1 atom stereocenters. The molecule has 27 heavy (non-hydrogen) atoms. The Hall–Kier alpha value is -2.39. The number of nitrogens with one attached hydrogen (secondary N) is 2. The van der Waals surface area contributed by atoms with E-state index in [1.54, 1.807) is 0 Å². The molecule has 1 amide bonds. The number of amides is 1. The fourth-order valence-electron chi connectivity index (χ4n) is 3.01. The minimum absolute atomic E-state index is 0.0641. The molecule has 1 aliphatic carbocycles. The van der Waals surface area contributed by atoms with Gasteiger partial charge in [-0.1, -0.05) is 30.3 Å². The van der Waals surface area contributed by atoms with Gasteiger partial charge in [0.1, 0.15) is 6.54 Å². The first-order chi connectivity index (χ1) is 12.7. The number of sulfonamides is 1. The number of carbonyl (C=O) groups excluding carboxylic acids is 1. The predicted molar refractivity (Wildman–Crippen MR) is 92.7 cm³/mol. The van der Waals surface area contributed by atoms with Crippen LogP contribution < -0.4 is 10.0 Å². The highest BCUT2D eigenvalue weighted by Crippen LogP contribution is 2.31. The summed E-state index contributed by atoms with van der Waals surface area (Å²) < 4.78 is 62.3. The van der Waals surface area contributed by atoms with Gasteiger partial charge in [-0.3, -0.25) is 4.79 Å². The highest BCUT2D eigenvalue weighted by atomic mass is 32.2. The number of carbonyl (C=O) groups is 1. The zero-order valence-electron chi connectivity index (χ0n) is 14.1. The summed E-state index contributed by atoms with van der Waals surface area (Å²) in [5.41, 5.74) is 2.23. The van der Waals surface area contributed by atoms with E-state index in [4.69, 9.17) is 0 Å². The summed E-state index contributed by atoms with van der Waals surface area (Å²) in [6, 6.07) is 12.5. The summed E-state index contributed by atoms with van der Waals surface area (Å²) in [5, 5.41) is 2.85. The van der Waals surface area contributed by atoms with Gasteiger partial charge in [0.15, 0.2) is 0 Å². The molecule has 5 nitrogen and oxygen atoms in total. The van der Waals surface area contributed by atoms with Crippen LogP contribution in [0.3, 0.4) is 0 Å². The van der Waals surface area contributed by atoms with Gasteiger partial charge in [-0.25, -0.2) is 13.1 Å². The number of benzene rings is 2. The third-order valence-electron chi connectivity index (χ3n) is 4.31. The first-order valence-electron chi connectivity index (χ1n) is 8.21. The van der Waals surface area contributed by atoms with Crippen LogP contribution in [0.15, 0.2) is 53.4 Å². The monoisotopic (exact) mass is 398 g/mol. The lowest BCUT2D eigenvalue weighted by molar-refractivity contribution is -0.121. The van der Waals surface area contributed by atoms with E-state index >= 15 is 0 Å². The van der Waals surface area contributed by atoms with Crippen molar-refractivity contribution in [2.45, 2.75) is 30.0 Å². The summed E-state index contributed by atoms with van der Waals surface area (Å²) >= 11 is 0. The molecule has 0 saturated carbocycles. The van der Waals surface area contributed by atoms with Crippen LogP contribution in [0, 0.1) is 0 Å². The molecule has 0 saturated heterocycles. The van der Waals surface area contributed by atoms with Gasteiger partial charge in [0.05, 0.1) is 10.9 Å². The SMILES string of the molecule is O=C(NC1CCc2ccccc21)c1cccc(S(=O)(=O)NCC(F)(F)F)c1. The molecule has 9 heteroatoms. The van der Waals surface area contributed by atoms with Crippen LogP contribution in [0.1, 0.15) is 33.9 Å². The first-order valence-corrected chi connectivity index (χ1v) is 9.69. The van der Waals surface area contributed by atoms with E-state index in [9.17, 15) is 26.4 Å². The van der Waals surface area contributed by atoms with Gasteiger partial charge in [-0.05, 0) is 42.2 Å². The standard InChI is InChI=1S/C18H17F3N2O3S/c19-18(20,21)11-22-27(25,26)14-6-3-5-13(10-14)17(24)23-16-9-8-12-4-1-2-7-15(12)16/h1-7,10,16,22H,8-9,11H2,(H,23,24). The summed E-state index contributed by atoms with van der Waals surface area (Å²) in [6.07, 6.45) is -3.11. The maximum atomic E-state index is 12.5. The van der Waals surface area contributed by atoms with Crippen LogP contribution in [0.5, 0.6) is 0 Å². The number of halogens is 3. The second-order valence-corrected chi connectivity index (χ2v) is 8.00. The quantitative estimate of drug-likeness (QED) is 0.813. The maximum absolute atomic E-state index is 12.5. The van der Waals surface area contributed by atoms with Gasteiger partial charge in [0, 0.05) is 5.56 Å². The largest absolute Gasteiger partial charge is 0.402 e. The highest BCUT2D eigenvalue weighted by Gasteiger charge is 2.30. The Kier molecular flexibility index (Phi) is 5.25. The lowest BCUT2D eigenvalue weighted by atomic mass is 10.1.